The predicted octanol–water partition coefficient (Wildman–Crippen LogP) is 2.78. The first kappa shape index (κ1) is 13.1. The summed E-state index contributed by atoms with van der Waals surface area (Å²) >= 11 is 0. The third-order valence-corrected chi connectivity index (χ3v) is 4.02. The van der Waals surface area contributed by atoms with Gasteiger partial charge in [0.05, 0.1) is 0 Å². The second-order valence-corrected chi connectivity index (χ2v) is 5.29. The molecular weight excluding hydrogens is 226 g/mol. The van der Waals surface area contributed by atoms with Crippen LogP contribution >= 0.6 is 0 Å². The number of hydrogen-bond donors (Lipinski definition) is 1. The number of hydrogen-bond acceptors (Lipinski definition) is 2. The molecule has 0 radical (unpaired) electrons. The van der Waals surface area contributed by atoms with Gasteiger partial charge < -0.3 is 5.11 Å². The predicted molar refractivity (Wildman–Crippen MR) is 71.6 cm³/mol. The van der Waals surface area contributed by atoms with E-state index in [0.29, 0.717) is 0 Å². The van der Waals surface area contributed by atoms with Gasteiger partial charge in [-0.1, -0.05) is 36.2 Å². The van der Waals surface area contributed by atoms with E-state index in [4.69, 9.17) is 0 Å². The monoisotopic (exact) mass is 247 g/mol. The number of carboxylic acids is 1. The molecule has 1 heterocycles. The van der Waals surface area contributed by atoms with E-state index in [-0.39, 0.29) is 0 Å². The van der Waals surface area contributed by atoms with E-state index < -0.39 is 11.5 Å². The molecular formula is C15H21NO2. The highest BCUT2D eigenvalue weighted by Crippen LogP contribution is 2.31. The maximum atomic E-state index is 11.8. The molecule has 1 aromatic rings. The quantitative estimate of drug-likeness (QED) is 0.893. The molecule has 18 heavy (non-hydrogen) atoms. The van der Waals surface area contributed by atoms with Gasteiger partial charge in [0.1, 0.15) is 5.54 Å². The molecule has 0 aliphatic carbocycles. The molecule has 3 heteroatoms. The highest BCUT2D eigenvalue weighted by Gasteiger charge is 2.41. The van der Waals surface area contributed by atoms with Gasteiger partial charge in [-0.05, 0) is 45.3 Å². The summed E-state index contributed by atoms with van der Waals surface area (Å²) in [6.07, 6.45) is 3.39. The van der Waals surface area contributed by atoms with Gasteiger partial charge in [0.15, 0.2) is 0 Å². The van der Waals surface area contributed by atoms with Gasteiger partial charge in [-0.2, -0.15) is 0 Å². The summed E-state index contributed by atoms with van der Waals surface area (Å²) in [6, 6.07) is 7.86. The molecule has 0 bridgehead atoms. The normalized spacial score (nSPS) is 20.3. The van der Waals surface area contributed by atoms with E-state index in [9.17, 15) is 9.90 Å². The molecule has 98 valence electrons. The topological polar surface area (TPSA) is 40.5 Å². The summed E-state index contributed by atoms with van der Waals surface area (Å²) in [5, 5.41) is 9.67. The first-order chi connectivity index (χ1) is 8.55. The molecule has 3 nitrogen and oxygen atoms in total. The van der Waals surface area contributed by atoms with E-state index in [1.165, 1.54) is 6.42 Å². The molecule has 0 amide bonds. The Labute approximate surface area is 108 Å². The minimum absolute atomic E-state index is 0.756. The third kappa shape index (κ3) is 2.27. The van der Waals surface area contributed by atoms with Crippen LogP contribution in [0.2, 0.25) is 0 Å². The lowest BCUT2D eigenvalue weighted by Crippen LogP contribution is -2.51. The maximum Gasteiger partial charge on any atom is 0.328 e. The van der Waals surface area contributed by atoms with Crippen LogP contribution in [0.3, 0.4) is 0 Å². The average molecular weight is 247 g/mol. The van der Waals surface area contributed by atoms with Crippen molar-refractivity contribution in [3.63, 3.8) is 0 Å². The maximum absolute atomic E-state index is 11.8. The second-order valence-electron chi connectivity index (χ2n) is 5.29. The highest BCUT2D eigenvalue weighted by molar-refractivity contribution is 5.80. The van der Waals surface area contributed by atoms with Crippen LogP contribution in [0.15, 0.2) is 24.3 Å². The van der Waals surface area contributed by atoms with Crippen LogP contribution in [0.25, 0.3) is 0 Å². The first-order valence-corrected chi connectivity index (χ1v) is 6.61. The summed E-state index contributed by atoms with van der Waals surface area (Å²) in [7, 11) is 0. The van der Waals surface area contributed by atoms with Gasteiger partial charge in [0, 0.05) is 0 Å². The highest BCUT2D eigenvalue weighted by atomic mass is 16.4. The second kappa shape index (κ2) is 5.11. The van der Waals surface area contributed by atoms with Crippen LogP contribution in [-0.2, 0) is 10.3 Å². The SMILES string of the molecule is Cc1ccc([C@](C)(C(=O)O)N2CCCCC2)cc1. The van der Waals surface area contributed by atoms with E-state index in [0.717, 1.165) is 37.1 Å². The summed E-state index contributed by atoms with van der Waals surface area (Å²) in [6.45, 7) is 5.58. The molecule has 2 rings (SSSR count). The van der Waals surface area contributed by atoms with E-state index in [2.05, 4.69) is 4.90 Å². The molecule has 0 saturated carbocycles. The molecule has 1 N–H and O–H groups in total. The largest absolute Gasteiger partial charge is 0.480 e. The van der Waals surface area contributed by atoms with Gasteiger partial charge in [0.2, 0.25) is 0 Å². The van der Waals surface area contributed by atoms with Crippen molar-refractivity contribution in [2.75, 3.05) is 13.1 Å². The molecule has 1 saturated heterocycles. The Morgan fingerprint density at radius 2 is 1.72 bits per heavy atom. The van der Waals surface area contributed by atoms with Crippen LogP contribution in [-0.4, -0.2) is 29.1 Å². The Kier molecular flexibility index (Phi) is 3.71. The Bertz CT molecular complexity index is 421. The summed E-state index contributed by atoms with van der Waals surface area (Å²) < 4.78 is 0. The lowest BCUT2D eigenvalue weighted by atomic mass is 9.88. The van der Waals surface area contributed by atoms with Gasteiger partial charge in [-0.15, -0.1) is 0 Å². The third-order valence-electron chi connectivity index (χ3n) is 4.02. The fourth-order valence-corrected chi connectivity index (χ4v) is 2.66. The smallest absolute Gasteiger partial charge is 0.328 e. The Balaban J connectivity index is 2.36. The van der Waals surface area contributed by atoms with Gasteiger partial charge >= 0.3 is 5.97 Å². The molecule has 1 aliphatic rings. The number of piperidine rings is 1. The summed E-state index contributed by atoms with van der Waals surface area (Å²) in [5.74, 6) is -0.756. The van der Waals surface area contributed by atoms with Crippen molar-refractivity contribution in [2.24, 2.45) is 0 Å². The lowest BCUT2D eigenvalue weighted by molar-refractivity contribution is -0.152. The summed E-state index contributed by atoms with van der Waals surface area (Å²) in [4.78, 5) is 13.9. The molecule has 1 aromatic carbocycles. The minimum atomic E-state index is -0.895. The Morgan fingerprint density at radius 3 is 2.22 bits per heavy atom. The Hall–Kier alpha value is -1.35. The van der Waals surface area contributed by atoms with Crippen molar-refractivity contribution in [1.82, 2.24) is 4.90 Å². The number of aryl methyl sites for hydroxylation is 1. The van der Waals surface area contributed by atoms with Crippen molar-refractivity contribution < 1.29 is 9.90 Å². The minimum Gasteiger partial charge on any atom is -0.480 e. The van der Waals surface area contributed by atoms with Crippen molar-refractivity contribution in [2.45, 2.75) is 38.6 Å². The summed E-state index contributed by atoms with van der Waals surface area (Å²) in [5.41, 5.74) is 1.14. The van der Waals surface area contributed by atoms with E-state index in [1.807, 2.05) is 38.1 Å². The number of carbonyl (C=O) groups is 1. The van der Waals surface area contributed by atoms with Crippen molar-refractivity contribution in [3.8, 4) is 0 Å². The van der Waals surface area contributed by atoms with E-state index >= 15 is 0 Å². The number of benzene rings is 1. The zero-order valence-electron chi connectivity index (χ0n) is 11.1. The fourth-order valence-electron chi connectivity index (χ4n) is 2.66. The van der Waals surface area contributed by atoms with Crippen LogP contribution in [0, 0.1) is 6.92 Å². The lowest BCUT2D eigenvalue weighted by Gasteiger charge is -2.40. The fraction of sp³-hybridized carbons (Fsp3) is 0.533. The number of rotatable bonds is 3. The average Bonchev–Trinajstić information content (AvgIpc) is 2.39. The Morgan fingerprint density at radius 1 is 1.17 bits per heavy atom. The van der Waals surface area contributed by atoms with Gasteiger partial charge in [0.25, 0.3) is 0 Å². The van der Waals surface area contributed by atoms with Gasteiger partial charge in [-0.3, -0.25) is 4.90 Å². The zero-order valence-corrected chi connectivity index (χ0v) is 11.1. The van der Waals surface area contributed by atoms with E-state index in [1.54, 1.807) is 0 Å². The number of likely N-dealkylation sites (tertiary alicyclic amines) is 1. The molecule has 0 spiro atoms. The molecule has 1 aliphatic heterocycles. The van der Waals surface area contributed by atoms with Crippen LogP contribution < -0.4 is 0 Å². The molecule has 1 atom stereocenters. The van der Waals surface area contributed by atoms with Crippen molar-refractivity contribution in [3.05, 3.63) is 35.4 Å². The van der Waals surface area contributed by atoms with Crippen molar-refractivity contribution >= 4 is 5.97 Å². The van der Waals surface area contributed by atoms with Crippen LogP contribution in [0.4, 0.5) is 0 Å². The number of nitrogens with zero attached hydrogens (tertiary/aromatic N) is 1. The van der Waals surface area contributed by atoms with Crippen LogP contribution in [0.5, 0.6) is 0 Å². The number of carboxylic acid groups (broad SMARTS) is 1. The standard InChI is InChI=1S/C15H21NO2/c1-12-6-8-13(9-7-12)15(2,14(17)18)16-10-4-3-5-11-16/h6-9H,3-5,10-11H2,1-2H3,(H,17,18)/t15-/m1/s1. The zero-order chi connectivity index (χ0) is 13.2. The number of aliphatic carboxylic acids is 1. The first-order valence-electron chi connectivity index (χ1n) is 6.61. The molecule has 0 unspecified atom stereocenters. The van der Waals surface area contributed by atoms with Crippen LogP contribution in [0.1, 0.15) is 37.3 Å². The molecule has 0 aromatic heterocycles. The molecule has 1 fully saturated rings. The van der Waals surface area contributed by atoms with Crippen molar-refractivity contribution in [1.29, 1.82) is 0 Å². The van der Waals surface area contributed by atoms with Gasteiger partial charge in [-0.25, -0.2) is 4.79 Å².